The predicted octanol–water partition coefficient (Wildman–Crippen LogP) is 2.35. The summed E-state index contributed by atoms with van der Waals surface area (Å²) in [6, 6.07) is 7.68. The summed E-state index contributed by atoms with van der Waals surface area (Å²) in [5, 5.41) is 2.82. The molecule has 0 aliphatic heterocycles. The number of carbonyl (C=O) groups is 1. The molecule has 6 heteroatoms. The molecule has 27 heavy (non-hydrogen) atoms. The highest BCUT2D eigenvalue weighted by atomic mass is 16.2. The Morgan fingerprint density at radius 2 is 1.70 bits per heavy atom. The van der Waals surface area contributed by atoms with Crippen LogP contribution in [0.5, 0.6) is 0 Å². The van der Waals surface area contributed by atoms with Gasteiger partial charge >= 0.3 is 0 Å². The van der Waals surface area contributed by atoms with Crippen LogP contribution in [0.1, 0.15) is 43.2 Å². The van der Waals surface area contributed by atoms with E-state index in [0.717, 1.165) is 43.5 Å². The Hall–Kier alpha value is -2.31. The van der Waals surface area contributed by atoms with Crippen molar-refractivity contribution < 1.29 is 4.79 Å². The molecule has 6 nitrogen and oxygen atoms in total. The van der Waals surface area contributed by atoms with Gasteiger partial charge in [0.05, 0.1) is 17.4 Å². The van der Waals surface area contributed by atoms with E-state index in [0.29, 0.717) is 6.54 Å². The molecular weight excluding hydrogens is 338 g/mol. The summed E-state index contributed by atoms with van der Waals surface area (Å²) in [6.07, 6.45) is 10.3. The van der Waals surface area contributed by atoms with Gasteiger partial charge in [0.1, 0.15) is 0 Å². The topological polar surface area (TPSA) is 107 Å². The van der Waals surface area contributed by atoms with Gasteiger partial charge in [0, 0.05) is 25.5 Å². The quantitative estimate of drug-likeness (QED) is 0.527. The van der Waals surface area contributed by atoms with Gasteiger partial charge in [-0.2, -0.15) is 0 Å². The summed E-state index contributed by atoms with van der Waals surface area (Å²) in [5.74, 6) is -0.158. The molecule has 1 atom stereocenters. The van der Waals surface area contributed by atoms with Gasteiger partial charge in [0.2, 0.25) is 5.91 Å². The van der Waals surface area contributed by atoms with Crippen molar-refractivity contribution in [1.29, 1.82) is 0 Å². The largest absolute Gasteiger partial charge is 0.355 e. The zero-order valence-corrected chi connectivity index (χ0v) is 16.2. The van der Waals surface area contributed by atoms with Crippen molar-refractivity contribution in [2.75, 3.05) is 13.1 Å². The lowest BCUT2D eigenvalue weighted by Gasteiger charge is -2.09. The van der Waals surface area contributed by atoms with Crippen LogP contribution in [0.4, 0.5) is 0 Å². The fraction of sp³-hybridized carbons (Fsp3) is 0.476. The molecule has 2 rings (SSSR count). The van der Waals surface area contributed by atoms with Gasteiger partial charge in [-0.3, -0.25) is 14.8 Å². The summed E-state index contributed by atoms with van der Waals surface area (Å²) in [7, 11) is 0. The molecule has 0 aliphatic rings. The van der Waals surface area contributed by atoms with Crippen molar-refractivity contribution in [2.45, 2.75) is 51.5 Å². The summed E-state index contributed by atoms with van der Waals surface area (Å²) in [6.45, 7) is 2.92. The number of hydrogen-bond acceptors (Lipinski definition) is 5. The first-order valence-electron chi connectivity index (χ1n) is 9.71. The van der Waals surface area contributed by atoms with E-state index < -0.39 is 6.04 Å². The number of amides is 1. The Labute approximate surface area is 161 Å². The van der Waals surface area contributed by atoms with Crippen LogP contribution in [0.15, 0.2) is 36.7 Å². The summed E-state index contributed by atoms with van der Waals surface area (Å²) in [4.78, 5) is 20.3. The standard InChI is InChI=1S/C21H31N5O/c1-16-8-11-24-19(13-16)20-14-17(9-12-25-20)7-5-3-2-4-6-10-26-21(27)18(23)15-22/h8-9,11-14,18H,2-7,10,15,22-23H2,1H3,(H,26,27). The number of unbranched alkanes of at least 4 members (excludes halogenated alkanes) is 4. The zero-order chi connectivity index (χ0) is 19.5. The Morgan fingerprint density at radius 3 is 2.44 bits per heavy atom. The molecule has 0 saturated carbocycles. The number of carbonyl (C=O) groups excluding carboxylic acids is 1. The lowest BCUT2D eigenvalue weighted by atomic mass is 10.0. The zero-order valence-electron chi connectivity index (χ0n) is 16.2. The first kappa shape index (κ1) is 21.0. The van der Waals surface area contributed by atoms with Crippen LogP contribution in [-0.2, 0) is 11.2 Å². The second-order valence-electron chi connectivity index (χ2n) is 6.92. The molecule has 0 aliphatic carbocycles. The van der Waals surface area contributed by atoms with E-state index in [1.807, 2.05) is 18.5 Å². The number of pyridine rings is 2. The number of rotatable bonds is 11. The van der Waals surface area contributed by atoms with Crippen LogP contribution in [-0.4, -0.2) is 35.0 Å². The van der Waals surface area contributed by atoms with E-state index in [1.165, 1.54) is 17.5 Å². The van der Waals surface area contributed by atoms with Gasteiger partial charge in [-0.1, -0.05) is 19.3 Å². The second kappa shape index (κ2) is 11.4. The van der Waals surface area contributed by atoms with E-state index in [4.69, 9.17) is 11.5 Å². The van der Waals surface area contributed by atoms with Gasteiger partial charge in [0.15, 0.2) is 0 Å². The number of nitrogens with zero attached hydrogens (tertiary/aromatic N) is 2. The third-order valence-electron chi connectivity index (χ3n) is 4.53. The van der Waals surface area contributed by atoms with E-state index in [9.17, 15) is 4.79 Å². The van der Waals surface area contributed by atoms with Crippen molar-refractivity contribution in [3.8, 4) is 11.4 Å². The normalized spacial score (nSPS) is 12.0. The molecule has 2 aromatic rings. The maximum Gasteiger partial charge on any atom is 0.238 e. The Morgan fingerprint density at radius 1 is 1.04 bits per heavy atom. The molecule has 146 valence electrons. The molecular formula is C21H31N5O. The maximum absolute atomic E-state index is 11.5. The number of aromatic nitrogens is 2. The second-order valence-corrected chi connectivity index (χ2v) is 6.92. The molecule has 2 aromatic heterocycles. The lowest BCUT2D eigenvalue weighted by Crippen LogP contribution is -2.45. The van der Waals surface area contributed by atoms with Crippen molar-refractivity contribution in [3.63, 3.8) is 0 Å². The van der Waals surface area contributed by atoms with Crippen LogP contribution < -0.4 is 16.8 Å². The van der Waals surface area contributed by atoms with E-state index in [2.05, 4.69) is 40.4 Å². The minimum atomic E-state index is -0.592. The highest BCUT2D eigenvalue weighted by Crippen LogP contribution is 2.18. The molecule has 5 N–H and O–H groups in total. The van der Waals surface area contributed by atoms with E-state index >= 15 is 0 Å². The minimum absolute atomic E-state index is 0.158. The maximum atomic E-state index is 11.5. The molecule has 1 amide bonds. The summed E-state index contributed by atoms with van der Waals surface area (Å²) < 4.78 is 0. The summed E-state index contributed by atoms with van der Waals surface area (Å²) >= 11 is 0. The molecule has 0 radical (unpaired) electrons. The van der Waals surface area contributed by atoms with E-state index in [1.54, 1.807) is 0 Å². The minimum Gasteiger partial charge on any atom is -0.355 e. The van der Waals surface area contributed by atoms with Gasteiger partial charge in [-0.15, -0.1) is 0 Å². The lowest BCUT2D eigenvalue weighted by molar-refractivity contribution is -0.122. The third-order valence-corrected chi connectivity index (χ3v) is 4.53. The van der Waals surface area contributed by atoms with E-state index in [-0.39, 0.29) is 12.5 Å². The Kier molecular flexibility index (Phi) is 8.87. The van der Waals surface area contributed by atoms with Crippen molar-refractivity contribution in [2.24, 2.45) is 11.5 Å². The molecule has 1 unspecified atom stereocenters. The monoisotopic (exact) mass is 369 g/mol. The molecule has 0 fully saturated rings. The fourth-order valence-electron chi connectivity index (χ4n) is 2.88. The van der Waals surface area contributed by atoms with Gasteiger partial charge in [0.25, 0.3) is 0 Å². The Balaban J connectivity index is 1.64. The summed E-state index contributed by atoms with van der Waals surface area (Å²) in [5.41, 5.74) is 15.3. The van der Waals surface area contributed by atoms with Crippen molar-refractivity contribution >= 4 is 5.91 Å². The average Bonchev–Trinajstić information content (AvgIpc) is 2.69. The first-order valence-corrected chi connectivity index (χ1v) is 9.71. The molecule has 0 bridgehead atoms. The van der Waals surface area contributed by atoms with Gasteiger partial charge < -0.3 is 16.8 Å². The average molecular weight is 370 g/mol. The van der Waals surface area contributed by atoms with Crippen molar-refractivity contribution in [1.82, 2.24) is 15.3 Å². The fourth-order valence-corrected chi connectivity index (χ4v) is 2.88. The molecule has 0 saturated heterocycles. The first-order chi connectivity index (χ1) is 13.1. The van der Waals surface area contributed by atoms with Gasteiger partial charge in [-0.25, -0.2) is 0 Å². The molecule has 2 heterocycles. The number of aryl methyl sites for hydroxylation is 2. The highest BCUT2D eigenvalue weighted by Gasteiger charge is 2.09. The SMILES string of the molecule is Cc1ccnc(-c2cc(CCCCCCCNC(=O)C(N)CN)ccn2)c1. The third kappa shape index (κ3) is 7.45. The van der Waals surface area contributed by atoms with Crippen LogP contribution in [0.2, 0.25) is 0 Å². The smallest absolute Gasteiger partial charge is 0.238 e. The molecule has 0 aromatic carbocycles. The molecule has 0 spiro atoms. The van der Waals surface area contributed by atoms with Gasteiger partial charge in [-0.05, 0) is 61.6 Å². The van der Waals surface area contributed by atoms with Crippen LogP contribution in [0.3, 0.4) is 0 Å². The predicted molar refractivity (Wildman–Crippen MR) is 109 cm³/mol. The highest BCUT2D eigenvalue weighted by molar-refractivity contribution is 5.81. The van der Waals surface area contributed by atoms with Crippen molar-refractivity contribution in [3.05, 3.63) is 47.8 Å². The number of nitrogens with one attached hydrogen (secondary N) is 1. The number of nitrogens with two attached hydrogens (primary N) is 2. The van der Waals surface area contributed by atoms with Crippen LogP contribution in [0, 0.1) is 6.92 Å². The number of hydrogen-bond donors (Lipinski definition) is 3. The van der Waals surface area contributed by atoms with Crippen LogP contribution in [0.25, 0.3) is 11.4 Å². The van der Waals surface area contributed by atoms with Crippen LogP contribution >= 0.6 is 0 Å². The Bertz CT molecular complexity index is 719.